The Balaban J connectivity index is 2.10. The third-order valence-corrected chi connectivity index (χ3v) is 4.96. The number of hydrogen-bond acceptors (Lipinski definition) is 6. The van der Waals surface area contributed by atoms with Gasteiger partial charge in [0.2, 0.25) is 5.95 Å². The number of nitrogens with one attached hydrogen (secondary N) is 2. The first-order chi connectivity index (χ1) is 9.89. The molecule has 1 aliphatic heterocycles. The zero-order valence-corrected chi connectivity index (χ0v) is 13.0. The molecule has 0 spiro atoms. The summed E-state index contributed by atoms with van der Waals surface area (Å²) in [6.07, 6.45) is 1.39. The summed E-state index contributed by atoms with van der Waals surface area (Å²) in [6, 6.07) is 1.42. The number of carbonyl (C=O) groups excluding carboxylic acids is 1. The van der Waals surface area contributed by atoms with Crippen molar-refractivity contribution >= 4 is 21.7 Å². The Morgan fingerprint density at radius 1 is 1.43 bits per heavy atom. The molecule has 21 heavy (non-hydrogen) atoms. The zero-order chi connectivity index (χ0) is 15.5. The highest BCUT2D eigenvalue weighted by atomic mass is 32.2. The maximum absolute atomic E-state index is 11.9. The number of sulfone groups is 1. The van der Waals surface area contributed by atoms with Gasteiger partial charge < -0.3 is 10.6 Å². The van der Waals surface area contributed by atoms with Crippen molar-refractivity contribution < 1.29 is 13.2 Å². The highest BCUT2D eigenvalue weighted by molar-refractivity contribution is 7.91. The van der Waals surface area contributed by atoms with Crippen LogP contribution < -0.4 is 10.6 Å². The lowest BCUT2D eigenvalue weighted by Gasteiger charge is -2.12. The summed E-state index contributed by atoms with van der Waals surface area (Å²) >= 11 is 0. The average Bonchev–Trinajstić information content (AvgIpc) is 2.74. The van der Waals surface area contributed by atoms with Gasteiger partial charge in [-0.15, -0.1) is 0 Å². The van der Waals surface area contributed by atoms with Crippen LogP contribution >= 0.6 is 0 Å². The van der Waals surface area contributed by atoms with E-state index in [-0.39, 0.29) is 23.5 Å². The molecule has 2 rings (SSSR count). The lowest BCUT2D eigenvalue weighted by atomic mass is 10.2. The maximum atomic E-state index is 11.9. The first kappa shape index (κ1) is 15.7. The minimum Gasteiger partial charge on any atom is -0.351 e. The molecule has 2 heterocycles. The Labute approximate surface area is 124 Å². The lowest BCUT2D eigenvalue weighted by Crippen LogP contribution is -2.27. The minimum atomic E-state index is -2.96. The van der Waals surface area contributed by atoms with Gasteiger partial charge >= 0.3 is 0 Å². The van der Waals surface area contributed by atoms with E-state index >= 15 is 0 Å². The second-order valence-corrected chi connectivity index (χ2v) is 7.45. The molecule has 1 aromatic rings. The van der Waals surface area contributed by atoms with E-state index in [1.165, 1.54) is 0 Å². The molecule has 8 heteroatoms. The molecule has 1 aliphatic rings. The number of aromatic nitrogens is 2. The van der Waals surface area contributed by atoms with Gasteiger partial charge in [-0.2, -0.15) is 0 Å². The van der Waals surface area contributed by atoms with Crippen molar-refractivity contribution in [1.29, 1.82) is 0 Å². The number of hydrogen-bond donors (Lipinski definition) is 2. The number of nitrogens with zero attached hydrogens (tertiary/aromatic N) is 2. The summed E-state index contributed by atoms with van der Waals surface area (Å²) in [5, 5.41) is 5.76. The third-order valence-electron chi connectivity index (χ3n) is 3.19. The van der Waals surface area contributed by atoms with Crippen molar-refractivity contribution in [2.75, 3.05) is 23.4 Å². The number of aryl methyl sites for hydroxylation is 1. The van der Waals surface area contributed by atoms with Gasteiger partial charge in [0, 0.05) is 18.3 Å². The van der Waals surface area contributed by atoms with E-state index in [0.29, 0.717) is 30.3 Å². The third kappa shape index (κ3) is 4.38. The molecular formula is C13H20N4O3S. The summed E-state index contributed by atoms with van der Waals surface area (Å²) in [5.74, 6) is 0.324. The van der Waals surface area contributed by atoms with E-state index in [9.17, 15) is 13.2 Å². The van der Waals surface area contributed by atoms with Gasteiger partial charge in [-0.1, -0.05) is 6.92 Å². The quantitative estimate of drug-likeness (QED) is 0.822. The first-order valence-electron chi connectivity index (χ1n) is 7.00. The van der Waals surface area contributed by atoms with E-state index < -0.39 is 9.84 Å². The van der Waals surface area contributed by atoms with Crippen molar-refractivity contribution in [2.24, 2.45) is 0 Å². The molecule has 0 radical (unpaired) electrons. The highest BCUT2D eigenvalue weighted by Crippen LogP contribution is 2.15. The Bertz CT molecular complexity index is 630. The molecule has 1 aromatic heterocycles. The van der Waals surface area contributed by atoms with Crippen molar-refractivity contribution in [3.8, 4) is 0 Å². The Morgan fingerprint density at radius 3 is 2.81 bits per heavy atom. The summed E-state index contributed by atoms with van der Waals surface area (Å²) in [6.45, 7) is 4.33. The number of rotatable bonds is 5. The van der Waals surface area contributed by atoms with Crippen LogP contribution in [0, 0.1) is 6.92 Å². The van der Waals surface area contributed by atoms with E-state index in [1.807, 2.05) is 6.92 Å². The SMILES string of the molecule is CCCNC(=O)c1cc(C)nc(NC2CCS(=O)(=O)C2)n1. The number of carbonyl (C=O) groups is 1. The van der Waals surface area contributed by atoms with Crippen molar-refractivity contribution in [2.45, 2.75) is 32.7 Å². The molecule has 1 fully saturated rings. The van der Waals surface area contributed by atoms with Gasteiger partial charge in [-0.05, 0) is 25.8 Å². The van der Waals surface area contributed by atoms with E-state index in [1.54, 1.807) is 13.0 Å². The molecule has 1 atom stereocenters. The standard InChI is InChI=1S/C13H20N4O3S/c1-3-5-14-12(18)11-7-9(2)15-13(17-11)16-10-4-6-21(19,20)8-10/h7,10H,3-6,8H2,1-2H3,(H,14,18)(H,15,16,17). The van der Waals surface area contributed by atoms with E-state index in [4.69, 9.17) is 0 Å². The molecular weight excluding hydrogens is 292 g/mol. The average molecular weight is 312 g/mol. The topological polar surface area (TPSA) is 101 Å². The molecule has 0 aliphatic carbocycles. The van der Waals surface area contributed by atoms with Crippen molar-refractivity contribution in [3.05, 3.63) is 17.5 Å². The first-order valence-corrected chi connectivity index (χ1v) is 8.82. The lowest BCUT2D eigenvalue weighted by molar-refractivity contribution is 0.0948. The monoisotopic (exact) mass is 312 g/mol. The van der Waals surface area contributed by atoms with Gasteiger partial charge in [-0.25, -0.2) is 18.4 Å². The number of anilines is 1. The fraction of sp³-hybridized carbons (Fsp3) is 0.615. The Hall–Kier alpha value is -1.70. The molecule has 0 aromatic carbocycles. The summed E-state index contributed by atoms with van der Waals surface area (Å²) < 4.78 is 22.9. The molecule has 116 valence electrons. The summed E-state index contributed by atoms with van der Waals surface area (Å²) in [5.41, 5.74) is 0.953. The van der Waals surface area contributed by atoms with Crippen LogP contribution in [-0.4, -0.2) is 48.4 Å². The molecule has 2 N–H and O–H groups in total. The summed E-state index contributed by atoms with van der Waals surface area (Å²) in [4.78, 5) is 20.3. The molecule has 1 saturated heterocycles. The normalized spacial score (nSPS) is 20.2. The Kier molecular flexibility index (Phi) is 4.76. The van der Waals surface area contributed by atoms with Crippen LogP contribution in [0.5, 0.6) is 0 Å². The van der Waals surface area contributed by atoms with Gasteiger partial charge in [0.1, 0.15) is 5.69 Å². The molecule has 7 nitrogen and oxygen atoms in total. The molecule has 0 bridgehead atoms. The molecule has 0 saturated carbocycles. The second kappa shape index (κ2) is 6.38. The fourth-order valence-corrected chi connectivity index (χ4v) is 3.84. The van der Waals surface area contributed by atoms with Crippen molar-refractivity contribution in [1.82, 2.24) is 15.3 Å². The predicted molar refractivity (Wildman–Crippen MR) is 80.1 cm³/mol. The van der Waals surface area contributed by atoms with Crippen LogP contribution in [0.25, 0.3) is 0 Å². The van der Waals surface area contributed by atoms with Crippen LogP contribution in [0.4, 0.5) is 5.95 Å². The van der Waals surface area contributed by atoms with Gasteiger partial charge in [0.25, 0.3) is 5.91 Å². The highest BCUT2D eigenvalue weighted by Gasteiger charge is 2.28. The van der Waals surface area contributed by atoms with Gasteiger partial charge in [-0.3, -0.25) is 4.79 Å². The predicted octanol–water partition coefficient (Wildman–Crippen LogP) is 0.524. The van der Waals surface area contributed by atoms with Gasteiger partial charge in [0.05, 0.1) is 11.5 Å². The van der Waals surface area contributed by atoms with Crippen LogP contribution in [0.3, 0.4) is 0 Å². The van der Waals surface area contributed by atoms with E-state index in [2.05, 4.69) is 20.6 Å². The van der Waals surface area contributed by atoms with Crippen LogP contribution in [0.1, 0.15) is 35.9 Å². The van der Waals surface area contributed by atoms with Crippen molar-refractivity contribution in [3.63, 3.8) is 0 Å². The van der Waals surface area contributed by atoms with Crippen LogP contribution in [0.2, 0.25) is 0 Å². The van der Waals surface area contributed by atoms with E-state index in [0.717, 1.165) is 6.42 Å². The van der Waals surface area contributed by atoms with Gasteiger partial charge in [0.15, 0.2) is 9.84 Å². The largest absolute Gasteiger partial charge is 0.351 e. The summed E-state index contributed by atoms with van der Waals surface area (Å²) in [7, 11) is -2.96. The smallest absolute Gasteiger partial charge is 0.270 e. The maximum Gasteiger partial charge on any atom is 0.270 e. The second-order valence-electron chi connectivity index (χ2n) is 5.22. The van der Waals surface area contributed by atoms with Crippen LogP contribution in [0.15, 0.2) is 6.07 Å². The fourth-order valence-electron chi connectivity index (χ4n) is 2.17. The molecule has 1 amide bonds. The minimum absolute atomic E-state index is 0.0850. The van der Waals surface area contributed by atoms with Crippen LogP contribution in [-0.2, 0) is 9.84 Å². The molecule has 1 unspecified atom stereocenters. The zero-order valence-electron chi connectivity index (χ0n) is 12.2. The number of amides is 1. The Morgan fingerprint density at radius 2 is 2.19 bits per heavy atom.